The standard InChI is InChI=1S/C9H11F2NO.ClH/c1-12-5-7-8(10)3-6(13-2)4-9(7)11;/h3-4,12H,5H2,1-2H3;1H. The third-order valence-electron chi connectivity index (χ3n) is 1.70. The number of benzene rings is 1. The van der Waals surface area contributed by atoms with Gasteiger partial charge in [0.1, 0.15) is 17.4 Å². The van der Waals surface area contributed by atoms with Gasteiger partial charge in [0.2, 0.25) is 0 Å². The largest absolute Gasteiger partial charge is 0.497 e. The second-order valence-electron chi connectivity index (χ2n) is 2.60. The molecular formula is C9H12ClF2NO. The third kappa shape index (κ3) is 2.82. The molecule has 0 amide bonds. The van der Waals surface area contributed by atoms with Gasteiger partial charge in [-0.3, -0.25) is 0 Å². The van der Waals surface area contributed by atoms with Crippen molar-refractivity contribution in [2.45, 2.75) is 6.54 Å². The topological polar surface area (TPSA) is 21.3 Å². The van der Waals surface area contributed by atoms with Gasteiger partial charge in [-0.1, -0.05) is 0 Å². The zero-order valence-electron chi connectivity index (χ0n) is 7.93. The highest BCUT2D eigenvalue weighted by molar-refractivity contribution is 5.85. The SMILES string of the molecule is CNCc1c(F)cc(OC)cc1F.Cl. The Morgan fingerprint density at radius 1 is 1.29 bits per heavy atom. The predicted octanol–water partition coefficient (Wildman–Crippen LogP) is 2.11. The van der Waals surface area contributed by atoms with E-state index in [-0.39, 0.29) is 30.3 Å². The second kappa shape index (κ2) is 5.78. The fourth-order valence-corrected chi connectivity index (χ4v) is 1.04. The van der Waals surface area contributed by atoms with Crippen LogP contribution in [-0.4, -0.2) is 14.2 Å². The van der Waals surface area contributed by atoms with Crippen molar-refractivity contribution in [1.82, 2.24) is 5.32 Å². The van der Waals surface area contributed by atoms with Crippen LogP contribution in [0.3, 0.4) is 0 Å². The van der Waals surface area contributed by atoms with E-state index < -0.39 is 11.6 Å². The van der Waals surface area contributed by atoms with Crippen LogP contribution in [0, 0.1) is 11.6 Å². The van der Waals surface area contributed by atoms with E-state index >= 15 is 0 Å². The molecule has 1 rings (SSSR count). The number of rotatable bonds is 3. The van der Waals surface area contributed by atoms with Crippen LogP contribution in [0.15, 0.2) is 12.1 Å². The van der Waals surface area contributed by atoms with Crippen LogP contribution in [-0.2, 0) is 6.54 Å². The molecule has 1 aromatic rings. The minimum atomic E-state index is -0.591. The highest BCUT2D eigenvalue weighted by Gasteiger charge is 2.10. The Balaban J connectivity index is 0.00000169. The maximum atomic E-state index is 13.1. The summed E-state index contributed by atoms with van der Waals surface area (Å²) in [6, 6.07) is 2.32. The van der Waals surface area contributed by atoms with E-state index in [1.165, 1.54) is 7.11 Å². The zero-order chi connectivity index (χ0) is 9.84. The van der Waals surface area contributed by atoms with Gasteiger partial charge in [-0.15, -0.1) is 12.4 Å². The minimum absolute atomic E-state index is 0. The molecule has 0 radical (unpaired) electrons. The molecule has 0 unspecified atom stereocenters. The number of ether oxygens (including phenoxy) is 1. The summed E-state index contributed by atoms with van der Waals surface area (Å²) in [5.41, 5.74) is 0.0308. The Morgan fingerprint density at radius 2 is 1.79 bits per heavy atom. The summed E-state index contributed by atoms with van der Waals surface area (Å²) in [6.45, 7) is 0.168. The number of hydrogen-bond donors (Lipinski definition) is 1. The number of methoxy groups -OCH3 is 1. The molecule has 0 atom stereocenters. The van der Waals surface area contributed by atoms with Crippen LogP contribution < -0.4 is 10.1 Å². The number of halogens is 3. The summed E-state index contributed by atoms with van der Waals surface area (Å²) >= 11 is 0. The Hall–Kier alpha value is -0.870. The van der Waals surface area contributed by atoms with Crippen molar-refractivity contribution >= 4 is 12.4 Å². The smallest absolute Gasteiger partial charge is 0.134 e. The van der Waals surface area contributed by atoms with Crippen molar-refractivity contribution in [3.05, 3.63) is 29.3 Å². The van der Waals surface area contributed by atoms with Crippen LogP contribution in [0.4, 0.5) is 8.78 Å². The summed E-state index contributed by atoms with van der Waals surface area (Å²) in [7, 11) is 3.00. The van der Waals surface area contributed by atoms with E-state index in [9.17, 15) is 8.78 Å². The Bertz CT molecular complexity index is 284. The summed E-state index contributed by atoms with van der Waals surface area (Å²) < 4.78 is 31.0. The van der Waals surface area contributed by atoms with Gasteiger partial charge in [-0.05, 0) is 7.05 Å². The van der Waals surface area contributed by atoms with E-state index in [2.05, 4.69) is 5.32 Å². The molecule has 0 saturated heterocycles. The first-order valence-electron chi connectivity index (χ1n) is 3.85. The molecule has 0 aliphatic carbocycles. The van der Waals surface area contributed by atoms with Gasteiger partial charge in [-0.2, -0.15) is 0 Å². The highest BCUT2D eigenvalue weighted by Crippen LogP contribution is 2.19. The fraction of sp³-hybridized carbons (Fsp3) is 0.333. The van der Waals surface area contributed by atoms with Gasteiger partial charge < -0.3 is 10.1 Å². The first-order valence-corrected chi connectivity index (χ1v) is 3.85. The normalized spacial score (nSPS) is 9.43. The first kappa shape index (κ1) is 13.1. The summed E-state index contributed by atoms with van der Waals surface area (Å²) in [6.07, 6.45) is 0. The summed E-state index contributed by atoms with van der Waals surface area (Å²) in [4.78, 5) is 0. The van der Waals surface area contributed by atoms with Gasteiger partial charge in [-0.25, -0.2) is 8.78 Å². The maximum absolute atomic E-state index is 13.1. The van der Waals surface area contributed by atoms with Crippen LogP contribution in [0.5, 0.6) is 5.75 Å². The Kier molecular flexibility index (Phi) is 5.42. The molecule has 0 aliphatic rings. The monoisotopic (exact) mass is 223 g/mol. The quantitative estimate of drug-likeness (QED) is 0.848. The first-order chi connectivity index (χ1) is 6.19. The third-order valence-corrected chi connectivity index (χ3v) is 1.70. The fourth-order valence-electron chi connectivity index (χ4n) is 1.04. The lowest BCUT2D eigenvalue weighted by Gasteiger charge is -2.06. The molecule has 5 heteroatoms. The van der Waals surface area contributed by atoms with E-state index in [0.29, 0.717) is 0 Å². The van der Waals surface area contributed by atoms with Gasteiger partial charge in [0.05, 0.1) is 7.11 Å². The van der Waals surface area contributed by atoms with Crippen LogP contribution >= 0.6 is 12.4 Å². The summed E-state index contributed by atoms with van der Waals surface area (Å²) in [5, 5.41) is 2.68. The van der Waals surface area contributed by atoms with Gasteiger partial charge in [0.15, 0.2) is 0 Å². The molecule has 1 aromatic carbocycles. The van der Waals surface area contributed by atoms with E-state index in [1.54, 1.807) is 7.05 Å². The lowest BCUT2D eigenvalue weighted by atomic mass is 10.2. The molecule has 0 heterocycles. The van der Waals surface area contributed by atoms with Crippen LogP contribution in [0.1, 0.15) is 5.56 Å². The average molecular weight is 224 g/mol. The molecule has 0 aromatic heterocycles. The van der Waals surface area contributed by atoms with Crippen molar-refractivity contribution < 1.29 is 13.5 Å². The second-order valence-corrected chi connectivity index (χ2v) is 2.60. The molecule has 14 heavy (non-hydrogen) atoms. The van der Waals surface area contributed by atoms with Crippen molar-refractivity contribution in [2.24, 2.45) is 0 Å². The number of nitrogens with one attached hydrogen (secondary N) is 1. The van der Waals surface area contributed by atoms with E-state index in [0.717, 1.165) is 12.1 Å². The van der Waals surface area contributed by atoms with Crippen molar-refractivity contribution in [2.75, 3.05) is 14.2 Å². The molecule has 80 valence electrons. The van der Waals surface area contributed by atoms with Gasteiger partial charge >= 0.3 is 0 Å². The molecule has 2 nitrogen and oxygen atoms in total. The number of hydrogen-bond acceptors (Lipinski definition) is 2. The van der Waals surface area contributed by atoms with E-state index in [4.69, 9.17) is 4.74 Å². The maximum Gasteiger partial charge on any atom is 0.134 e. The zero-order valence-corrected chi connectivity index (χ0v) is 8.75. The molecule has 0 saturated carbocycles. The molecular weight excluding hydrogens is 212 g/mol. The molecule has 0 aliphatic heterocycles. The lowest BCUT2D eigenvalue weighted by molar-refractivity contribution is 0.404. The van der Waals surface area contributed by atoms with Crippen LogP contribution in [0.25, 0.3) is 0 Å². The molecule has 0 fully saturated rings. The van der Waals surface area contributed by atoms with Crippen molar-refractivity contribution in [1.29, 1.82) is 0 Å². The Morgan fingerprint density at radius 3 is 2.14 bits per heavy atom. The Labute approximate surface area is 87.7 Å². The highest BCUT2D eigenvalue weighted by atomic mass is 35.5. The van der Waals surface area contributed by atoms with E-state index in [1.807, 2.05) is 0 Å². The summed E-state index contributed by atoms with van der Waals surface area (Å²) in [5.74, 6) is -0.993. The predicted molar refractivity (Wildman–Crippen MR) is 52.9 cm³/mol. The van der Waals surface area contributed by atoms with Crippen LogP contribution in [0.2, 0.25) is 0 Å². The minimum Gasteiger partial charge on any atom is -0.497 e. The van der Waals surface area contributed by atoms with Gasteiger partial charge in [0.25, 0.3) is 0 Å². The molecule has 1 N–H and O–H groups in total. The van der Waals surface area contributed by atoms with Gasteiger partial charge in [0, 0.05) is 24.2 Å². The van der Waals surface area contributed by atoms with Crippen molar-refractivity contribution in [3.63, 3.8) is 0 Å². The molecule has 0 bridgehead atoms. The van der Waals surface area contributed by atoms with Crippen molar-refractivity contribution in [3.8, 4) is 5.75 Å². The molecule has 0 spiro atoms. The average Bonchev–Trinajstić information content (AvgIpc) is 2.11. The lowest BCUT2D eigenvalue weighted by Crippen LogP contribution is -2.09.